The Labute approximate surface area is 341 Å². The van der Waals surface area contributed by atoms with E-state index in [1.165, 1.54) is 163 Å². The van der Waals surface area contributed by atoms with Crippen LogP contribution in [-0.4, -0.2) is 9.13 Å². The fourth-order valence-electron chi connectivity index (χ4n) is 9.14. The van der Waals surface area contributed by atoms with Crippen molar-refractivity contribution in [3.8, 4) is 0 Å². The zero-order chi connectivity index (χ0) is 40.4. The molecule has 2 heterocycles. The molecule has 0 aliphatic rings. The van der Waals surface area contributed by atoms with Crippen molar-refractivity contribution in [2.24, 2.45) is 11.8 Å². The number of nitrogens with zero attached hydrogens (tertiary/aromatic N) is 2. The average molecular weight is 777 g/mol. The third-order valence-corrected chi connectivity index (χ3v) is 12.8. The molecule has 0 aliphatic carbocycles. The van der Waals surface area contributed by atoms with E-state index in [2.05, 4.69) is 27.7 Å². The average Bonchev–Trinajstić information content (AvgIpc) is 3.57. The molecule has 0 N–H and O–H groups in total. The highest BCUT2D eigenvalue weighted by molar-refractivity contribution is 5.97. The van der Waals surface area contributed by atoms with Crippen molar-refractivity contribution in [2.75, 3.05) is 0 Å². The molecule has 0 radical (unpaired) electrons. The fourth-order valence-corrected chi connectivity index (χ4v) is 9.14. The molecule has 0 bridgehead atoms. The smallest absolute Gasteiger partial charge is 0.261 e. The van der Waals surface area contributed by atoms with Gasteiger partial charge in [0.15, 0.2) is 0 Å². The molecule has 0 fully saturated rings. The molecule has 2 atom stereocenters. The SMILES string of the molecule is CCCCCCCCCCC(CCCCCCCC)Cn1c(=O)c2cc3c(=O)n(CC(CCCCCCCC)CCCCCCCCCC)c(=O)c3cc2c1=O. The van der Waals surface area contributed by atoms with Crippen LogP contribution in [0.1, 0.15) is 233 Å². The molecule has 3 aromatic rings. The van der Waals surface area contributed by atoms with Gasteiger partial charge in [0.05, 0.1) is 21.5 Å². The summed E-state index contributed by atoms with van der Waals surface area (Å²) in [5.74, 6) is 0.553. The molecule has 6 nitrogen and oxygen atoms in total. The van der Waals surface area contributed by atoms with Crippen molar-refractivity contribution in [2.45, 2.75) is 246 Å². The van der Waals surface area contributed by atoms with Gasteiger partial charge in [0, 0.05) is 13.1 Å². The van der Waals surface area contributed by atoms with Crippen molar-refractivity contribution in [3.63, 3.8) is 0 Å². The molecule has 0 amide bonds. The van der Waals surface area contributed by atoms with Crippen LogP contribution in [-0.2, 0) is 13.1 Å². The van der Waals surface area contributed by atoms with Crippen LogP contribution in [0.25, 0.3) is 21.5 Å². The molecule has 6 heteroatoms. The van der Waals surface area contributed by atoms with E-state index in [0.29, 0.717) is 34.6 Å². The Balaban J connectivity index is 1.75. The summed E-state index contributed by atoms with van der Waals surface area (Å²) in [6.45, 7) is 9.84. The molecule has 0 aliphatic heterocycles. The zero-order valence-corrected chi connectivity index (χ0v) is 36.9. The topological polar surface area (TPSA) is 78.1 Å². The first kappa shape index (κ1) is 47.9. The summed E-state index contributed by atoms with van der Waals surface area (Å²) in [5, 5.41) is 1.18. The van der Waals surface area contributed by atoms with Gasteiger partial charge < -0.3 is 0 Å². The summed E-state index contributed by atoms with van der Waals surface area (Å²) in [6, 6.07) is 3.15. The second-order valence-corrected chi connectivity index (χ2v) is 17.8. The predicted octanol–water partition coefficient (Wildman–Crippen LogP) is 13.7. The summed E-state index contributed by atoms with van der Waals surface area (Å²) in [6.07, 6.45) is 39.0. The molecule has 318 valence electrons. The van der Waals surface area contributed by atoms with Crippen LogP contribution in [0.15, 0.2) is 31.3 Å². The molecule has 0 saturated heterocycles. The van der Waals surface area contributed by atoms with E-state index in [4.69, 9.17) is 0 Å². The van der Waals surface area contributed by atoms with Gasteiger partial charge in [-0.25, -0.2) is 0 Å². The first-order valence-electron chi connectivity index (χ1n) is 24.3. The summed E-state index contributed by atoms with van der Waals surface area (Å²) in [4.78, 5) is 55.6. The standard InChI is InChI=1S/C50H84N2O4/c1-5-9-13-17-21-23-27-31-35-41(33-29-25-19-15-11-7-3)39-51-47(53)43-37-45-46(38-44(43)48(51)54)50(56)52(49(45)55)40-42(34-30-26-20-16-12-8-4)36-32-28-24-22-18-14-10-6-2/h37-38,41-42H,5-36,39-40H2,1-4H3. The number of unbranched alkanes of at least 4 members (excludes halogenated alkanes) is 24. The van der Waals surface area contributed by atoms with Gasteiger partial charge >= 0.3 is 0 Å². The van der Waals surface area contributed by atoms with Gasteiger partial charge in [-0.3, -0.25) is 28.3 Å². The third-order valence-electron chi connectivity index (χ3n) is 12.8. The molecule has 3 rings (SSSR count). The number of hydrogen-bond donors (Lipinski definition) is 0. The quantitative estimate of drug-likeness (QED) is 0.0551. The van der Waals surface area contributed by atoms with Gasteiger partial charge in [-0.15, -0.1) is 0 Å². The van der Waals surface area contributed by atoms with Gasteiger partial charge in [-0.05, 0) is 49.7 Å². The Bertz CT molecular complexity index is 1480. The van der Waals surface area contributed by atoms with Crippen LogP contribution in [0.4, 0.5) is 0 Å². The maximum absolute atomic E-state index is 13.9. The van der Waals surface area contributed by atoms with Gasteiger partial charge in [0.25, 0.3) is 22.2 Å². The summed E-state index contributed by atoms with van der Waals surface area (Å²) in [5.41, 5.74) is -1.20. The second kappa shape index (κ2) is 28.8. The van der Waals surface area contributed by atoms with Gasteiger partial charge in [-0.1, -0.05) is 207 Å². The zero-order valence-electron chi connectivity index (χ0n) is 36.9. The number of benzene rings is 1. The fraction of sp³-hybridized carbons (Fsp3) is 0.800. The third kappa shape index (κ3) is 16.4. The van der Waals surface area contributed by atoms with Crippen LogP contribution >= 0.6 is 0 Å². The van der Waals surface area contributed by atoms with Crippen molar-refractivity contribution in [1.29, 1.82) is 0 Å². The minimum atomic E-state index is -0.300. The van der Waals surface area contributed by atoms with Crippen LogP contribution < -0.4 is 22.2 Å². The van der Waals surface area contributed by atoms with Crippen LogP contribution in [0, 0.1) is 11.8 Å². The minimum absolute atomic E-state index is 0.277. The maximum atomic E-state index is 13.9. The largest absolute Gasteiger partial charge is 0.274 e. The molecule has 0 saturated carbocycles. The van der Waals surface area contributed by atoms with Crippen molar-refractivity contribution < 1.29 is 0 Å². The maximum Gasteiger partial charge on any atom is 0.261 e. The normalized spacial score (nSPS) is 13.1. The summed E-state index contributed by atoms with van der Waals surface area (Å²) in [7, 11) is 0. The molecule has 1 aromatic carbocycles. The lowest BCUT2D eigenvalue weighted by atomic mass is 9.94. The number of aromatic nitrogens is 2. The Morgan fingerprint density at radius 1 is 0.321 bits per heavy atom. The summed E-state index contributed by atoms with van der Waals surface area (Å²) >= 11 is 0. The van der Waals surface area contributed by atoms with E-state index < -0.39 is 0 Å². The van der Waals surface area contributed by atoms with Gasteiger partial charge in [0.2, 0.25) is 0 Å². The molecule has 2 unspecified atom stereocenters. The van der Waals surface area contributed by atoms with Crippen LogP contribution in [0.5, 0.6) is 0 Å². The molecular weight excluding hydrogens is 693 g/mol. The van der Waals surface area contributed by atoms with Crippen LogP contribution in [0.3, 0.4) is 0 Å². The second-order valence-electron chi connectivity index (χ2n) is 17.8. The van der Waals surface area contributed by atoms with Gasteiger partial charge in [-0.2, -0.15) is 0 Å². The van der Waals surface area contributed by atoms with E-state index in [1.807, 2.05) is 0 Å². The lowest BCUT2D eigenvalue weighted by molar-refractivity contribution is 0.351. The van der Waals surface area contributed by atoms with Crippen molar-refractivity contribution in [1.82, 2.24) is 9.13 Å². The van der Waals surface area contributed by atoms with E-state index in [-0.39, 0.29) is 34.1 Å². The Morgan fingerprint density at radius 2 is 0.518 bits per heavy atom. The molecule has 0 spiro atoms. The Morgan fingerprint density at radius 3 is 0.732 bits per heavy atom. The first-order valence-corrected chi connectivity index (χ1v) is 24.3. The Kier molecular flexibility index (Phi) is 24.6. The number of hydrogen-bond acceptors (Lipinski definition) is 4. The molecule has 2 aromatic heterocycles. The highest BCUT2D eigenvalue weighted by atomic mass is 16.2. The molecular formula is C50H84N2O4. The van der Waals surface area contributed by atoms with Crippen LogP contribution in [0.2, 0.25) is 0 Å². The highest BCUT2D eigenvalue weighted by Crippen LogP contribution is 2.24. The van der Waals surface area contributed by atoms with E-state index in [1.54, 1.807) is 12.1 Å². The lowest BCUT2D eigenvalue weighted by Gasteiger charge is -2.17. The van der Waals surface area contributed by atoms with Gasteiger partial charge in [0.1, 0.15) is 0 Å². The first-order chi connectivity index (χ1) is 27.4. The Hall–Kier alpha value is -2.50. The van der Waals surface area contributed by atoms with Crippen molar-refractivity contribution >= 4 is 21.5 Å². The lowest BCUT2D eigenvalue weighted by Crippen LogP contribution is -2.29. The molecule has 56 heavy (non-hydrogen) atoms. The van der Waals surface area contributed by atoms with E-state index >= 15 is 0 Å². The number of fused-ring (bicyclic) bond motifs is 2. The monoisotopic (exact) mass is 777 g/mol. The van der Waals surface area contributed by atoms with Crippen molar-refractivity contribution in [3.05, 3.63) is 53.5 Å². The highest BCUT2D eigenvalue weighted by Gasteiger charge is 2.23. The van der Waals surface area contributed by atoms with E-state index in [9.17, 15) is 19.2 Å². The summed E-state index contributed by atoms with van der Waals surface area (Å²) < 4.78 is 2.86. The minimum Gasteiger partial charge on any atom is -0.274 e. The number of rotatable bonds is 36. The van der Waals surface area contributed by atoms with E-state index in [0.717, 1.165) is 51.4 Å². The predicted molar refractivity (Wildman–Crippen MR) is 242 cm³/mol.